The number of aldehydes is 1. The van der Waals surface area contributed by atoms with Gasteiger partial charge >= 0.3 is 0 Å². The zero-order valence-electron chi connectivity index (χ0n) is 11.1. The van der Waals surface area contributed by atoms with Crippen molar-refractivity contribution >= 4 is 17.2 Å². The molecule has 1 aromatic carbocycles. The Morgan fingerprint density at radius 1 is 1.40 bits per heavy atom. The molecule has 5 heteroatoms. The minimum atomic E-state index is 0.402. The molecule has 0 fully saturated rings. The molecule has 0 aliphatic carbocycles. The molecular weight excluding hydrogens is 256 g/mol. The zero-order chi connectivity index (χ0) is 13.9. The maximum atomic E-state index is 11.1. The first-order valence-electron chi connectivity index (χ1n) is 6.28. The van der Waals surface area contributed by atoms with Gasteiger partial charge in [-0.1, -0.05) is 17.3 Å². The van der Waals surface area contributed by atoms with Crippen LogP contribution in [0.4, 0.5) is 0 Å². The highest BCUT2D eigenvalue weighted by Gasteiger charge is 2.09. The minimum absolute atomic E-state index is 0.402. The second-order valence-electron chi connectivity index (χ2n) is 4.56. The summed E-state index contributed by atoms with van der Waals surface area (Å²) in [4.78, 5) is 11.1. The monoisotopic (exact) mass is 270 g/mol. The van der Waals surface area contributed by atoms with Crippen molar-refractivity contribution in [1.29, 1.82) is 0 Å². The smallest absolute Gasteiger partial charge is 0.162 e. The Hall–Kier alpha value is -2.40. The number of carbonyl (C=O) groups excluding carboxylic acids is 1. The Bertz CT molecular complexity index is 742. The largest absolute Gasteiger partial charge is 0.377 e. The van der Waals surface area contributed by atoms with E-state index in [1.807, 2.05) is 41.1 Å². The second kappa shape index (κ2) is 5.30. The van der Waals surface area contributed by atoms with Gasteiger partial charge in [0.1, 0.15) is 12.3 Å². The van der Waals surface area contributed by atoms with Gasteiger partial charge in [-0.05, 0) is 12.1 Å². The van der Waals surface area contributed by atoms with Crippen LogP contribution in [0.3, 0.4) is 0 Å². The summed E-state index contributed by atoms with van der Waals surface area (Å²) in [5.41, 5.74) is 2.39. The van der Waals surface area contributed by atoms with Crippen molar-refractivity contribution in [2.45, 2.75) is 13.2 Å². The molecule has 0 spiro atoms. The fourth-order valence-electron chi connectivity index (χ4n) is 2.33. The van der Waals surface area contributed by atoms with Crippen LogP contribution in [-0.4, -0.2) is 23.1 Å². The first kappa shape index (κ1) is 12.6. The lowest BCUT2D eigenvalue weighted by molar-refractivity contribution is 0.112. The molecule has 0 amide bonds. The normalized spacial score (nSPS) is 11.1. The second-order valence-corrected chi connectivity index (χ2v) is 4.56. The fraction of sp³-hybridized carbons (Fsp3) is 0.200. The predicted octanol–water partition coefficient (Wildman–Crippen LogP) is 2.64. The number of hydrogen-bond acceptors (Lipinski definition) is 4. The number of methoxy groups -OCH3 is 1. The van der Waals surface area contributed by atoms with Gasteiger partial charge in [0.2, 0.25) is 0 Å². The van der Waals surface area contributed by atoms with Crippen molar-refractivity contribution in [1.82, 2.24) is 9.72 Å². The molecule has 0 atom stereocenters. The molecule has 0 radical (unpaired) electrons. The average Bonchev–Trinajstić information content (AvgIpc) is 3.07. The van der Waals surface area contributed by atoms with Crippen molar-refractivity contribution in [3.63, 3.8) is 0 Å². The lowest BCUT2D eigenvalue weighted by atomic mass is 10.1. The highest BCUT2D eigenvalue weighted by molar-refractivity contribution is 5.96. The summed E-state index contributed by atoms with van der Waals surface area (Å²) in [6.45, 7) is 0.959. The van der Waals surface area contributed by atoms with Gasteiger partial charge in [0.25, 0.3) is 0 Å². The minimum Gasteiger partial charge on any atom is -0.377 e. The van der Waals surface area contributed by atoms with Crippen LogP contribution in [0.15, 0.2) is 41.1 Å². The Labute approximate surface area is 115 Å². The number of rotatable bonds is 5. The zero-order valence-corrected chi connectivity index (χ0v) is 11.1. The predicted molar refractivity (Wildman–Crippen MR) is 73.6 cm³/mol. The third-order valence-electron chi connectivity index (χ3n) is 3.17. The summed E-state index contributed by atoms with van der Waals surface area (Å²) in [6.07, 6.45) is 2.82. The van der Waals surface area contributed by atoms with E-state index in [9.17, 15) is 4.79 Å². The van der Waals surface area contributed by atoms with Gasteiger partial charge in [0, 0.05) is 30.3 Å². The van der Waals surface area contributed by atoms with Crippen molar-refractivity contribution < 1.29 is 14.1 Å². The van der Waals surface area contributed by atoms with E-state index in [4.69, 9.17) is 9.26 Å². The van der Waals surface area contributed by atoms with Crippen LogP contribution >= 0.6 is 0 Å². The standard InChI is InChI=1S/C15H14N2O3/c1-19-10-14-7-13(16-20-14)8-17-6-5-11-3-2-4-12(9-18)15(11)17/h2-7,9H,8,10H2,1H3. The van der Waals surface area contributed by atoms with Crippen molar-refractivity contribution in [3.05, 3.63) is 53.5 Å². The summed E-state index contributed by atoms with van der Waals surface area (Å²) >= 11 is 0. The van der Waals surface area contributed by atoms with Crippen LogP contribution in [0.1, 0.15) is 21.8 Å². The Morgan fingerprint density at radius 2 is 2.30 bits per heavy atom. The maximum absolute atomic E-state index is 11.1. The summed E-state index contributed by atoms with van der Waals surface area (Å²) in [5.74, 6) is 0.689. The maximum Gasteiger partial charge on any atom is 0.162 e. The first-order valence-corrected chi connectivity index (χ1v) is 6.28. The van der Waals surface area contributed by atoms with E-state index in [0.717, 1.165) is 22.9 Å². The Balaban J connectivity index is 1.95. The molecule has 3 rings (SSSR count). The van der Waals surface area contributed by atoms with Crippen LogP contribution in [0, 0.1) is 0 Å². The van der Waals surface area contributed by atoms with Crippen molar-refractivity contribution in [2.75, 3.05) is 7.11 Å². The molecule has 0 saturated heterocycles. The molecule has 3 aromatic rings. The van der Waals surface area contributed by atoms with E-state index in [1.54, 1.807) is 7.11 Å². The van der Waals surface area contributed by atoms with Crippen LogP contribution < -0.4 is 0 Å². The van der Waals surface area contributed by atoms with Crippen molar-refractivity contribution in [2.24, 2.45) is 0 Å². The van der Waals surface area contributed by atoms with Gasteiger partial charge in [-0.3, -0.25) is 4.79 Å². The van der Waals surface area contributed by atoms with Crippen LogP contribution in [0.5, 0.6) is 0 Å². The summed E-state index contributed by atoms with van der Waals surface area (Å²) in [6, 6.07) is 9.52. The summed E-state index contributed by atoms with van der Waals surface area (Å²) < 4.78 is 12.2. The highest BCUT2D eigenvalue weighted by atomic mass is 16.5. The molecule has 0 saturated carbocycles. The number of benzene rings is 1. The lowest BCUT2D eigenvalue weighted by Crippen LogP contribution is -2.00. The topological polar surface area (TPSA) is 57.3 Å². The molecule has 0 bridgehead atoms. The quantitative estimate of drug-likeness (QED) is 0.669. The molecule has 2 heterocycles. The van der Waals surface area contributed by atoms with Gasteiger partial charge in [0.05, 0.1) is 12.1 Å². The van der Waals surface area contributed by atoms with E-state index in [0.29, 0.717) is 24.5 Å². The molecule has 0 unspecified atom stereocenters. The third kappa shape index (κ3) is 2.23. The number of hydrogen-bond donors (Lipinski definition) is 0. The van der Waals surface area contributed by atoms with Gasteiger partial charge in [-0.15, -0.1) is 0 Å². The SMILES string of the molecule is COCc1cc(Cn2ccc3cccc(C=O)c32)no1. The van der Waals surface area contributed by atoms with E-state index in [2.05, 4.69) is 5.16 Å². The number of nitrogens with zero attached hydrogens (tertiary/aromatic N) is 2. The molecule has 20 heavy (non-hydrogen) atoms. The summed E-state index contributed by atoms with van der Waals surface area (Å²) in [5, 5.41) is 5.05. The van der Waals surface area contributed by atoms with E-state index < -0.39 is 0 Å². The van der Waals surface area contributed by atoms with Gasteiger partial charge in [-0.25, -0.2) is 0 Å². The summed E-state index contributed by atoms with van der Waals surface area (Å²) in [7, 11) is 1.61. The van der Waals surface area contributed by atoms with E-state index in [-0.39, 0.29) is 0 Å². The molecule has 102 valence electrons. The molecule has 0 aliphatic heterocycles. The van der Waals surface area contributed by atoms with Crippen molar-refractivity contribution in [3.8, 4) is 0 Å². The van der Waals surface area contributed by atoms with Crippen LogP contribution in [0.2, 0.25) is 0 Å². The van der Waals surface area contributed by atoms with Gasteiger partial charge < -0.3 is 13.8 Å². The van der Waals surface area contributed by atoms with Crippen LogP contribution in [-0.2, 0) is 17.9 Å². The number of fused-ring (bicyclic) bond motifs is 1. The molecule has 0 aliphatic rings. The van der Waals surface area contributed by atoms with Gasteiger partial charge in [-0.2, -0.15) is 0 Å². The highest BCUT2D eigenvalue weighted by Crippen LogP contribution is 2.20. The van der Waals surface area contributed by atoms with Gasteiger partial charge in [0.15, 0.2) is 12.0 Å². The lowest BCUT2D eigenvalue weighted by Gasteiger charge is -2.04. The molecule has 2 aromatic heterocycles. The van der Waals surface area contributed by atoms with E-state index in [1.165, 1.54) is 0 Å². The van der Waals surface area contributed by atoms with Crippen LogP contribution in [0.25, 0.3) is 10.9 Å². The molecular formula is C15H14N2O3. The average molecular weight is 270 g/mol. The first-order chi connectivity index (χ1) is 9.81. The Morgan fingerprint density at radius 3 is 3.10 bits per heavy atom. The number of aromatic nitrogens is 2. The fourth-order valence-corrected chi connectivity index (χ4v) is 2.33. The number of para-hydroxylation sites is 1. The Kier molecular flexibility index (Phi) is 3.35. The molecule has 5 nitrogen and oxygen atoms in total. The third-order valence-corrected chi connectivity index (χ3v) is 3.17. The molecule has 0 N–H and O–H groups in total. The van der Waals surface area contributed by atoms with E-state index >= 15 is 0 Å². The number of carbonyl (C=O) groups is 1. The number of ether oxygens (including phenoxy) is 1.